The molecule has 1 heterocycles. The van der Waals surface area contributed by atoms with E-state index in [1.54, 1.807) is 7.11 Å². The fraction of sp³-hybridized carbons (Fsp3) is 0.160. The summed E-state index contributed by atoms with van der Waals surface area (Å²) in [7, 11) is 1.58. The van der Waals surface area contributed by atoms with Gasteiger partial charge in [0.05, 0.1) is 25.8 Å². The summed E-state index contributed by atoms with van der Waals surface area (Å²) in [5.41, 5.74) is 3.07. The van der Waals surface area contributed by atoms with E-state index in [0.717, 1.165) is 22.2 Å². The Morgan fingerprint density at radius 3 is 2.48 bits per heavy atom. The molecule has 6 nitrogen and oxygen atoms in total. The van der Waals surface area contributed by atoms with Crippen LogP contribution in [0.2, 0.25) is 0 Å². The van der Waals surface area contributed by atoms with Gasteiger partial charge in [0.1, 0.15) is 11.5 Å². The number of para-hydroxylation sites is 1. The topological polar surface area (TPSA) is 80.8 Å². The van der Waals surface area contributed by atoms with Crippen LogP contribution in [0.1, 0.15) is 12.5 Å². The number of ether oxygens (including phenoxy) is 3. The molecule has 3 aromatic carbocycles. The summed E-state index contributed by atoms with van der Waals surface area (Å²) in [6, 6.07) is 20.7. The minimum Gasteiger partial charge on any atom is -0.493 e. The van der Waals surface area contributed by atoms with E-state index in [1.165, 1.54) is 0 Å². The van der Waals surface area contributed by atoms with Gasteiger partial charge in [-0.15, -0.1) is 0 Å². The van der Waals surface area contributed by atoms with Crippen molar-refractivity contribution in [1.29, 1.82) is 0 Å². The first kappa shape index (κ1) is 20.3. The summed E-state index contributed by atoms with van der Waals surface area (Å²) in [5, 5.41) is 10.3. The molecular weight excluding hydrogens is 394 g/mol. The normalized spacial score (nSPS) is 10.8. The molecule has 4 aromatic rings. The van der Waals surface area contributed by atoms with Crippen LogP contribution in [0, 0.1) is 0 Å². The largest absolute Gasteiger partial charge is 0.493 e. The third-order valence-electron chi connectivity index (χ3n) is 4.94. The van der Waals surface area contributed by atoms with Crippen LogP contribution in [-0.2, 0) is 11.2 Å². The molecule has 2 N–H and O–H groups in total. The zero-order chi connectivity index (χ0) is 21.8. The van der Waals surface area contributed by atoms with Gasteiger partial charge in [0, 0.05) is 16.5 Å². The van der Waals surface area contributed by atoms with Gasteiger partial charge in [-0.3, -0.25) is 4.79 Å². The van der Waals surface area contributed by atoms with E-state index in [1.807, 2.05) is 73.7 Å². The van der Waals surface area contributed by atoms with E-state index in [2.05, 4.69) is 4.98 Å². The van der Waals surface area contributed by atoms with Crippen molar-refractivity contribution in [2.45, 2.75) is 13.3 Å². The van der Waals surface area contributed by atoms with Gasteiger partial charge >= 0.3 is 5.97 Å². The zero-order valence-electron chi connectivity index (χ0n) is 17.3. The highest BCUT2D eigenvalue weighted by Crippen LogP contribution is 2.37. The smallest absolute Gasteiger partial charge is 0.307 e. The molecule has 4 rings (SSSR count). The van der Waals surface area contributed by atoms with Crippen molar-refractivity contribution < 1.29 is 24.1 Å². The van der Waals surface area contributed by atoms with Crippen LogP contribution in [0.25, 0.3) is 22.2 Å². The predicted molar refractivity (Wildman–Crippen MR) is 119 cm³/mol. The Hall–Kier alpha value is -3.93. The highest BCUT2D eigenvalue weighted by atomic mass is 16.5. The van der Waals surface area contributed by atoms with Crippen LogP contribution in [-0.4, -0.2) is 29.8 Å². The summed E-state index contributed by atoms with van der Waals surface area (Å²) in [6.07, 6.45) is -0.125. The van der Waals surface area contributed by atoms with Gasteiger partial charge in [0.15, 0.2) is 11.5 Å². The maximum absolute atomic E-state index is 11.6. The first-order valence-electron chi connectivity index (χ1n) is 9.99. The number of fused-ring (bicyclic) bond motifs is 1. The Bertz CT molecular complexity index is 1210. The first-order valence-corrected chi connectivity index (χ1v) is 9.99. The summed E-state index contributed by atoms with van der Waals surface area (Å²) in [5.74, 6) is 1.68. The highest BCUT2D eigenvalue weighted by Gasteiger charge is 2.18. The lowest BCUT2D eigenvalue weighted by Crippen LogP contribution is -2.01. The van der Waals surface area contributed by atoms with Gasteiger partial charge in [-0.2, -0.15) is 0 Å². The molecule has 0 saturated heterocycles. The van der Waals surface area contributed by atoms with Gasteiger partial charge in [-0.25, -0.2) is 0 Å². The number of aromatic amines is 1. The SMILES string of the molecule is CCOc1ccc(-c2[nH]c3ccc(Oc4ccccc4)cc3c2CC(=O)O)cc1OC. The van der Waals surface area contributed by atoms with Crippen molar-refractivity contribution in [3.8, 4) is 34.3 Å². The van der Waals surface area contributed by atoms with Gasteiger partial charge in [0.25, 0.3) is 0 Å². The molecule has 0 aliphatic carbocycles. The van der Waals surface area contributed by atoms with Crippen molar-refractivity contribution in [2.75, 3.05) is 13.7 Å². The Kier molecular flexibility index (Phi) is 5.80. The van der Waals surface area contributed by atoms with Crippen LogP contribution in [0.3, 0.4) is 0 Å². The molecule has 1 aromatic heterocycles. The van der Waals surface area contributed by atoms with E-state index < -0.39 is 5.97 Å². The Morgan fingerprint density at radius 1 is 0.968 bits per heavy atom. The molecule has 0 spiro atoms. The molecule has 0 aliphatic heterocycles. The average molecular weight is 417 g/mol. The number of rotatable bonds is 8. The lowest BCUT2D eigenvalue weighted by molar-refractivity contribution is -0.136. The van der Waals surface area contributed by atoms with Crippen molar-refractivity contribution >= 4 is 16.9 Å². The van der Waals surface area contributed by atoms with Gasteiger partial charge in [-0.1, -0.05) is 18.2 Å². The van der Waals surface area contributed by atoms with Gasteiger partial charge in [0.2, 0.25) is 0 Å². The summed E-state index contributed by atoms with van der Waals surface area (Å²) < 4.78 is 17.0. The number of carboxylic acids is 1. The quantitative estimate of drug-likeness (QED) is 0.387. The Balaban J connectivity index is 1.80. The fourth-order valence-corrected chi connectivity index (χ4v) is 3.59. The van der Waals surface area contributed by atoms with Crippen LogP contribution in [0.15, 0.2) is 66.7 Å². The number of nitrogens with one attached hydrogen (secondary N) is 1. The number of benzene rings is 3. The summed E-state index contributed by atoms with van der Waals surface area (Å²) >= 11 is 0. The number of carbonyl (C=O) groups is 1. The van der Waals surface area contributed by atoms with Crippen LogP contribution in [0.5, 0.6) is 23.0 Å². The van der Waals surface area contributed by atoms with Crippen LogP contribution >= 0.6 is 0 Å². The molecule has 0 radical (unpaired) electrons. The molecule has 0 unspecified atom stereocenters. The van der Waals surface area contributed by atoms with Gasteiger partial charge in [-0.05, 0) is 61.0 Å². The predicted octanol–water partition coefficient (Wildman–Crippen LogP) is 5.66. The maximum atomic E-state index is 11.6. The van der Waals surface area contributed by atoms with Crippen molar-refractivity contribution in [3.63, 3.8) is 0 Å². The molecule has 158 valence electrons. The molecule has 0 amide bonds. The molecule has 0 atom stereocenters. The van der Waals surface area contributed by atoms with Crippen molar-refractivity contribution in [1.82, 2.24) is 4.98 Å². The lowest BCUT2D eigenvalue weighted by Gasteiger charge is -2.11. The van der Waals surface area contributed by atoms with E-state index in [4.69, 9.17) is 14.2 Å². The second-order valence-electron chi connectivity index (χ2n) is 6.97. The third-order valence-corrected chi connectivity index (χ3v) is 4.94. The van der Waals surface area contributed by atoms with E-state index in [-0.39, 0.29) is 6.42 Å². The van der Waals surface area contributed by atoms with Crippen molar-refractivity contribution in [3.05, 3.63) is 72.3 Å². The molecule has 0 aliphatic rings. The molecule has 0 saturated carbocycles. The first-order chi connectivity index (χ1) is 15.1. The minimum atomic E-state index is -0.908. The number of methoxy groups -OCH3 is 1. The molecule has 31 heavy (non-hydrogen) atoms. The summed E-state index contributed by atoms with van der Waals surface area (Å²) in [4.78, 5) is 15.0. The Morgan fingerprint density at radius 2 is 1.77 bits per heavy atom. The second-order valence-corrected chi connectivity index (χ2v) is 6.97. The maximum Gasteiger partial charge on any atom is 0.307 e. The van der Waals surface area contributed by atoms with Crippen LogP contribution in [0.4, 0.5) is 0 Å². The third kappa shape index (κ3) is 4.33. The fourth-order valence-electron chi connectivity index (χ4n) is 3.59. The molecular formula is C25H23NO5. The molecule has 0 fully saturated rings. The van der Waals surface area contributed by atoms with E-state index in [9.17, 15) is 9.90 Å². The van der Waals surface area contributed by atoms with Crippen molar-refractivity contribution in [2.24, 2.45) is 0 Å². The number of hydrogen-bond acceptors (Lipinski definition) is 4. The standard InChI is InChI=1S/C25H23NO5/c1-3-30-22-12-9-16(13-23(22)29-2)25-20(15-24(27)28)19-14-18(10-11-21(19)26-25)31-17-7-5-4-6-8-17/h4-14,26H,3,15H2,1-2H3,(H,27,28). The zero-order valence-corrected chi connectivity index (χ0v) is 17.3. The van der Waals surface area contributed by atoms with Crippen LogP contribution < -0.4 is 14.2 Å². The number of hydrogen-bond donors (Lipinski definition) is 2. The monoisotopic (exact) mass is 417 g/mol. The van der Waals surface area contributed by atoms with Gasteiger partial charge < -0.3 is 24.3 Å². The average Bonchev–Trinajstić information content (AvgIpc) is 3.12. The second kappa shape index (κ2) is 8.83. The minimum absolute atomic E-state index is 0.125. The number of H-pyrrole nitrogens is 1. The Labute approximate surface area is 180 Å². The summed E-state index contributed by atoms with van der Waals surface area (Å²) in [6.45, 7) is 2.43. The number of carboxylic acid groups (broad SMARTS) is 1. The number of aromatic nitrogens is 1. The van der Waals surface area contributed by atoms with E-state index in [0.29, 0.717) is 35.2 Å². The lowest BCUT2D eigenvalue weighted by atomic mass is 10.0. The van der Waals surface area contributed by atoms with E-state index >= 15 is 0 Å². The number of aliphatic carboxylic acids is 1. The molecule has 0 bridgehead atoms. The highest BCUT2D eigenvalue weighted by molar-refractivity contribution is 5.95. The molecule has 6 heteroatoms.